The van der Waals surface area contributed by atoms with E-state index in [2.05, 4.69) is 39.0 Å². The average molecular weight is 615 g/mol. The van der Waals surface area contributed by atoms with Gasteiger partial charge in [-0.05, 0) is 47.7 Å². The summed E-state index contributed by atoms with van der Waals surface area (Å²) in [6.07, 6.45) is 1.11. The van der Waals surface area contributed by atoms with E-state index in [1.165, 1.54) is 30.7 Å². The molecule has 6 rings (SSSR count). The van der Waals surface area contributed by atoms with E-state index >= 15 is 0 Å². The number of nitrogens with one attached hydrogen (secondary N) is 2. The van der Waals surface area contributed by atoms with Crippen molar-refractivity contribution in [2.24, 2.45) is 5.41 Å². The zero-order chi connectivity index (χ0) is 30.6. The van der Waals surface area contributed by atoms with Crippen LogP contribution in [-0.2, 0) is 17.8 Å². The molecule has 224 valence electrons. The molecule has 43 heavy (non-hydrogen) atoms. The molecule has 0 radical (unpaired) electrons. The number of ether oxygens (including phenoxy) is 2. The Kier molecular flexibility index (Phi) is 8.92. The molecule has 4 heterocycles. The number of aromatic nitrogens is 6. The van der Waals surface area contributed by atoms with Gasteiger partial charge in [0, 0.05) is 35.2 Å². The number of benzene rings is 2. The summed E-state index contributed by atoms with van der Waals surface area (Å²) in [6, 6.07) is 10.8. The highest BCUT2D eigenvalue weighted by molar-refractivity contribution is 6.30. The summed E-state index contributed by atoms with van der Waals surface area (Å²) in [5.41, 5.74) is 0.0741. The van der Waals surface area contributed by atoms with E-state index in [-0.39, 0.29) is 63.9 Å². The van der Waals surface area contributed by atoms with Gasteiger partial charge in [-0.3, -0.25) is 5.10 Å². The highest BCUT2D eigenvalue weighted by Crippen LogP contribution is 2.28. The van der Waals surface area contributed by atoms with Crippen LogP contribution in [0.25, 0.3) is 23.0 Å². The first kappa shape index (κ1) is 30.0. The van der Waals surface area contributed by atoms with E-state index in [9.17, 15) is 18.0 Å². The highest BCUT2D eigenvalue weighted by Gasteiger charge is 2.23. The van der Waals surface area contributed by atoms with Crippen LogP contribution in [0.1, 0.15) is 37.2 Å². The topological polar surface area (TPSA) is 132 Å². The molecule has 1 saturated heterocycles. The fourth-order valence-electron chi connectivity index (χ4n) is 4.10. The van der Waals surface area contributed by atoms with E-state index in [1.807, 2.05) is 5.16 Å². The molecule has 0 aliphatic carbocycles. The van der Waals surface area contributed by atoms with Gasteiger partial charge in [0.05, 0.1) is 12.3 Å². The molecule has 0 bridgehead atoms. The molecular weight excluding hydrogens is 589 g/mol. The lowest BCUT2D eigenvalue weighted by molar-refractivity contribution is 0.167. The number of hydrogen-bond acceptors (Lipinski definition) is 8. The van der Waals surface area contributed by atoms with Crippen molar-refractivity contribution in [3.63, 3.8) is 0 Å². The lowest BCUT2D eigenvalue weighted by Gasteiger charge is -2.11. The molecule has 5 aromatic rings. The van der Waals surface area contributed by atoms with E-state index < -0.39 is 23.1 Å². The van der Waals surface area contributed by atoms with Gasteiger partial charge >= 0.3 is 5.69 Å². The van der Waals surface area contributed by atoms with Crippen LogP contribution in [0.2, 0.25) is 5.02 Å². The Labute approximate surface area is 248 Å². The Hall–Kier alpha value is -4.49. The molecule has 2 N–H and O–H groups in total. The summed E-state index contributed by atoms with van der Waals surface area (Å²) < 4.78 is 59.3. The number of H-pyrrole nitrogens is 2. The molecule has 1 aliphatic heterocycles. The van der Waals surface area contributed by atoms with Crippen LogP contribution in [0, 0.1) is 22.9 Å². The largest absolute Gasteiger partial charge is 0.473 e. The number of pyridine rings is 1. The van der Waals surface area contributed by atoms with Crippen molar-refractivity contribution < 1.29 is 27.2 Å². The number of aromatic amines is 2. The molecule has 1 aliphatic rings. The van der Waals surface area contributed by atoms with Crippen LogP contribution in [0.15, 0.2) is 57.8 Å². The van der Waals surface area contributed by atoms with Crippen molar-refractivity contribution in [1.82, 2.24) is 30.3 Å². The summed E-state index contributed by atoms with van der Waals surface area (Å²) in [5, 5.41) is 8.68. The zero-order valence-electron chi connectivity index (χ0n) is 23.1. The minimum Gasteiger partial charge on any atom is -0.473 e. The van der Waals surface area contributed by atoms with Crippen molar-refractivity contribution in [3.8, 4) is 28.9 Å². The first-order valence-electron chi connectivity index (χ1n) is 13.1. The van der Waals surface area contributed by atoms with Crippen molar-refractivity contribution in [2.75, 3.05) is 13.2 Å². The van der Waals surface area contributed by atoms with Gasteiger partial charge in [0.1, 0.15) is 29.9 Å². The summed E-state index contributed by atoms with van der Waals surface area (Å²) in [6.45, 7) is 6.26. The fourth-order valence-corrected chi connectivity index (χ4v) is 4.26. The second-order valence-corrected chi connectivity index (χ2v) is 10.9. The highest BCUT2D eigenvalue weighted by atomic mass is 35.5. The van der Waals surface area contributed by atoms with Crippen LogP contribution in [0.4, 0.5) is 13.2 Å². The van der Waals surface area contributed by atoms with Crippen LogP contribution in [0.3, 0.4) is 0 Å². The predicted octanol–water partition coefficient (Wildman–Crippen LogP) is 5.88. The lowest BCUT2D eigenvalue weighted by Crippen LogP contribution is -2.08. The number of rotatable bonds is 7. The first-order valence-corrected chi connectivity index (χ1v) is 13.5. The van der Waals surface area contributed by atoms with E-state index in [0.29, 0.717) is 5.41 Å². The second-order valence-electron chi connectivity index (χ2n) is 10.5. The number of halogens is 4. The van der Waals surface area contributed by atoms with Crippen LogP contribution in [0.5, 0.6) is 5.88 Å². The Morgan fingerprint density at radius 1 is 1.00 bits per heavy atom. The maximum Gasteiger partial charge on any atom is 0.377 e. The maximum absolute atomic E-state index is 14.9. The Morgan fingerprint density at radius 3 is 2.49 bits per heavy atom. The quantitative estimate of drug-likeness (QED) is 0.232. The number of hydrogen-bond donors (Lipinski definition) is 2. The van der Waals surface area contributed by atoms with E-state index in [4.69, 9.17) is 25.6 Å². The fraction of sp³-hybridized carbons (Fsp3) is 0.276. The summed E-state index contributed by atoms with van der Waals surface area (Å²) >= 11 is 5.75. The third-order valence-corrected chi connectivity index (χ3v) is 6.70. The average Bonchev–Trinajstić information content (AvgIpc) is 3.72. The van der Waals surface area contributed by atoms with Crippen LogP contribution in [-0.4, -0.2) is 43.5 Å². The van der Waals surface area contributed by atoms with E-state index in [1.54, 1.807) is 6.07 Å². The van der Waals surface area contributed by atoms with Gasteiger partial charge in [-0.2, -0.15) is 5.16 Å². The SMILES string of the molecule is CC1(C)CCOC1.O=c1nc(-c2n[nH]c(Cc3cc(F)c(-c4cccc(OCc5ccc(Cl)cc5F)n4)cc3F)n2)o[nH]1. The molecule has 1 fully saturated rings. The third-order valence-electron chi connectivity index (χ3n) is 6.46. The summed E-state index contributed by atoms with van der Waals surface area (Å²) in [7, 11) is 0. The van der Waals surface area contributed by atoms with Gasteiger partial charge in [0.2, 0.25) is 11.7 Å². The summed E-state index contributed by atoms with van der Waals surface area (Å²) in [5.74, 6) is -1.81. The van der Waals surface area contributed by atoms with Crippen molar-refractivity contribution in [2.45, 2.75) is 33.3 Å². The first-order chi connectivity index (χ1) is 20.6. The van der Waals surface area contributed by atoms with Gasteiger partial charge in [0.15, 0.2) is 0 Å². The van der Waals surface area contributed by atoms with Gasteiger partial charge in [0.25, 0.3) is 5.89 Å². The van der Waals surface area contributed by atoms with Crippen LogP contribution >= 0.6 is 11.6 Å². The predicted molar refractivity (Wildman–Crippen MR) is 150 cm³/mol. The smallest absolute Gasteiger partial charge is 0.377 e. The summed E-state index contributed by atoms with van der Waals surface area (Å²) in [4.78, 5) is 22.9. The second kappa shape index (κ2) is 12.8. The molecule has 2 aromatic carbocycles. The van der Waals surface area contributed by atoms with Gasteiger partial charge in [-0.1, -0.05) is 37.6 Å². The third kappa shape index (κ3) is 7.67. The minimum atomic E-state index is -0.724. The Morgan fingerprint density at radius 2 is 1.81 bits per heavy atom. The number of nitrogens with zero attached hydrogens (tertiary/aromatic N) is 4. The zero-order valence-corrected chi connectivity index (χ0v) is 23.8. The van der Waals surface area contributed by atoms with Crippen molar-refractivity contribution >= 4 is 11.6 Å². The molecule has 0 saturated carbocycles. The normalized spacial score (nSPS) is 13.9. The molecule has 0 unspecified atom stereocenters. The van der Waals surface area contributed by atoms with Crippen molar-refractivity contribution in [3.05, 3.63) is 98.4 Å². The lowest BCUT2D eigenvalue weighted by atomic mass is 9.94. The molecule has 14 heteroatoms. The molecule has 0 spiro atoms. The molecule has 0 amide bonds. The molecular formula is C29H26ClF3N6O4. The maximum atomic E-state index is 14.9. The molecule has 3 aromatic heterocycles. The van der Waals surface area contributed by atoms with Gasteiger partial charge < -0.3 is 14.0 Å². The molecule has 0 atom stereocenters. The van der Waals surface area contributed by atoms with Crippen LogP contribution < -0.4 is 10.4 Å². The van der Waals surface area contributed by atoms with Crippen molar-refractivity contribution in [1.29, 1.82) is 0 Å². The van der Waals surface area contributed by atoms with E-state index in [0.717, 1.165) is 31.4 Å². The van der Waals surface area contributed by atoms with Gasteiger partial charge in [-0.25, -0.2) is 27.9 Å². The molecule has 10 nitrogen and oxygen atoms in total. The Bertz CT molecular complexity index is 1780. The monoisotopic (exact) mass is 614 g/mol. The standard InChI is InChI=1S/C23H14ClF3N6O3.C6H12O/c24-13-5-4-11(15(25)8-13)10-35-20-3-1-2-18(28-20)14-9-16(26)12(6-17(14)27)7-19-29-21(32-31-19)22-30-23(34)33-36-22;1-6(2)3-4-7-5-6/h1-6,8-9H,7,10H2,(H,33,34)(H,29,31,32);3-5H2,1-2H3. The minimum absolute atomic E-state index is 0.00745. The van der Waals surface area contributed by atoms with Gasteiger partial charge in [-0.15, -0.1) is 10.1 Å². The Balaban J connectivity index is 0.000000463.